The van der Waals surface area contributed by atoms with Gasteiger partial charge in [0, 0.05) is 56.5 Å². The number of fused-ring (bicyclic) bond motifs is 1. The second-order valence-electron chi connectivity index (χ2n) is 16.3. The molecule has 11 heteroatoms. The summed E-state index contributed by atoms with van der Waals surface area (Å²) in [6, 6.07) is 31.4. The summed E-state index contributed by atoms with van der Waals surface area (Å²) in [5.74, 6) is 1.20. The van der Waals surface area contributed by atoms with E-state index >= 15 is 0 Å². The van der Waals surface area contributed by atoms with Crippen LogP contribution in [-0.4, -0.2) is 77.9 Å². The van der Waals surface area contributed by atoms with Crippen molar-refractivity contribution in [2.24, 2.45) is 0 Å². The van der Waals surface area contributed by atoms with E-state index in [1.807, 2.05) is 51.4 Å². The van der Waals surface area contributed by atoms with Crippen LogP contribution in [0.1, 0.15) is 63.3 Å². The first-order valence-electron chi connectivity index (χ1n) is 22.2. The lowest BCUT2D eigenvalue weighted by molar-refractivity contribution is 0.183. The molecule has 9 nitrogen and oxygen atoms in total. The number of likely N-dealkylation sites (tertiary alicyclic amines) is 2. The highest BCUT2D eigenvalue weighted by Crippen LogP contribution is 2.41. The minimum absolute atomic E-state index is 0.204. The summed E-state index contributed by atoms with van der Waals surface area (Å²) in [5.41, 5.74) is 8.03. The number of hydrogen-bond donors (Lipinski definition) is 0. The van der Waals surface area contributed by atoms with Gasteiger partial charge in [-0.2, -0.15) is 0 Å². The number of rotatable bonds is 16. The van der Waals surface area contributed by atoms with Crippen LogP contribution in [0.3, 0.4) is 0 Å². The molecule has 0 bridgehead atoms. The standard InChI is InChI=1S/C51H58F2N6O3/c1-5-60-48-29-37(12-17-46(48)53)34-56-24-19-42(20-25-56)58(44-18-23-54-36(4)28-44)59(45-32-40-10-8-9-11-47(40)55-33-45)43-21-26-57(27-22-43)35-38-30-49(61-6-2)51(50(31-38)62-7-3)39-13-15-41(52)16-14-39/h8-18,23,28-33,42-43H,5-7,19-22,24-27,34-35H2,1-4H3. The third-order valence-corrected chi connectivity index (χ3v) is 12.0. The van der Waals surface area contributed by atoms with Crippen LogP contribution in [-0.2, 0) is 13.1 Å². The molecular formula is C51H58F2N6O3. The van der Waals surface area contributed by atoms with E-state index in [0.717, 1.165) is 127 Å². The fraction of sp³-hybridized carbons (Fsp3) is 0.373. The van der Waals surface area contributed by atoms with Gasteiger partial charge in [-0.15, -0.1) is 0 Å². The summed E-state index contributed by atoms with van der Waals surface area (Å²) in [6.07, 6.45) is 7.77. The zero-order valence-corrected chi connectivity index (χ0v) is 36.4. The zero-order valence-electron chi connectivity index (χ0n) is 36.4. The van der Waals surface area contributed by atoms with E-state index in [0.29, 0.717) is 25.6 Å². The minimum Gasteiger partial charge on any atom is -0.493 e. The van der Waals surface area contributed by atoms with E-state index in [1.165, 1.54) is 18.2 Å². The van der Waals surface area contributed by atoms with Crippen LogP contribution < -0.4 is 24.2 Å². The number of anilines is 2. The molecule has 0 radical (unpaired) electrons. The van der Waals surface area contributed by atoms with Crippen molar-refractivity contribution < 1.29 is 23.0 Å². The van der Waals surface area contributed by atoms with Gasteiger partial charge < -0.3 is 14.2 Å². The predicted octanol–water partition coefficient (Wildman–Crippen LogP) is 10.6. The van der Waals surface area contributed by atoms with E-state index in [9.17, 15) is 8.78 Å². The Bertz CT molecular complexity index is 2390. The fourth-order valence-corrected chi connectivity index (χ4v) is 9.13. The van der Waals surface area contributed by atoms with Crippen molar-refractivity contribution in [3.8, 4) is 28.4 Å². The third-order valence-electron chi connectivity index (χ3n) is 12.0. The quantitative estimate of drug-likeness (QED) is 0.0887. The lowest BCUT2D eigenvalue weighted by Gasteiger charge is -2.50. The van der Waals surface area contributed by atoms with Crippen molar-refractivity contribution in [3.63, 3.8) is 0 Å². The van der Waals surface area contributed by atoms with Crippen LogP contribution in [0.15, 0.2) is 109 Å². The van der Waals surface area contributed by atoms with Gasteiger partial charge in [-0.05, 0) is 131 Å². The number of aryl methyl sites for hydroxylation is 1. The van der Waals surface area contributed by atoms with Crippen molar-refractivity contribution in [3.05, 3.63) is 138 Å². The molecule has 2 aliphatic rings. The van der Waals surface area contributed by atoms with Gasteiger partial charge in [0.1, 0.15) is 17.3 Å². The van der Waals surface area contributed by atoms with Crippen molar-refractivity contribution in [2.45, 2.75) is 78.6 Å². The number of ether oxygens (including phenoxy) is 3. The maximum Gasteiger partial charge on any atom is 0.165 e. The highest BCUT2D eigenvalue weighted by Gasteiger charge is 2.35. The molecule has 6 aromatic rings. The SMILES string of the molecule is CCOc1cc(CN2CCC(N(c3ccnc(C)c3)N(c3cnc4ccccc4c3)C3CCN(Cc4cc(OCC)c(-c5ccc(F)cc5)c(OCC)c4)CC3)CC2)ccc1F. The first-order chi connectivity index (χ1) is 30.3. The van der Waals surface area contributed by atoms with Crippen LogP contribution in [0.4, 0.5) is 20.2 Å². The normalized spacial score (nSPS) is 15.5. The van der Waals surface area contributed by atoms with Crippen molar-refractivity contribution in [1.29, 1.82) is 0 Å². The summed E-state index contributed by atoms with van der Waals surface area (Å²) in [7, 11) is 0. The van der Waals surface area contributed by atoms with E-state index in [4.69, 9.17) is 19.2 Å². The maximum atomic E-state index is 14.4. The number of nitrogens with zero attached hydrogens (tertiary/aromatic N) is 6. The van der Waals surface area contributed by atoms with Gasteiger partial charge >= 0.3 is 0 Å². The Balaban J connectivity index is 1.06. The monoisotopic (exact) mass is 840 g/mol. The molecule has 2 fully saturated rings. The van der Waals surface area contributed by atoms with Gasteiger partial charge in [0.2, 0.25) is 0 Å². The molecule has 0 aliphatic carbocycles. The Kier molecular flexibility index (Phi) is 13.8. The number of aromatic nitrogens is 2. The van der Waals surface area contributed by atoms with Gasteiger partial charge in [-0.25, -0.2) is 8.78 Å². The van der Waals surface area contributed by atoms with Crippen molar-refractivity contribution in [2.75, 3.05) is 56.0 Å². The Morgan fingerprint density at radius 3 is 1.82 bits per heavy atom. The molecule has 62 heavy (non-hydrogen) atoms. The predicted molar refractivity (Wildman–Crippen MR) is 244 cm³/mol. The smallest absolute Gasteiger partial charge is 0.165 e. The molecule has 2 aromatic heterocycles. The summed E-state index contributed by atoms with van der Waals surface area (Å²) in [6.45, 7) is 14.4. The largest absolute Gasteiger partial charge is 0.493 e. The topological polar surface area (TPSA) is 66.4 Å². The molecule has 0 atom stereocenters. The molecule has 0 saturated carbocycles. The Morgan fingerprint density at radius 2 is 1.19 bits per heavy atom. The molecule has 2 saturated heterocycles. The molecule has 0 amide bonds. The van der Waals surface area contributed by atoms with Gasteiger partial charge in [0.25, 0.3) is 0 Å². The number of pyridine rings is 2. The number of benzene rings is 4. The average molecular weight is 841 g/mol. The number of piperidine rings is 2. The van der Waals surface area contributed by atoms with Gasteiger partial charge in [0.15, 0.2) is 11.6 Å². The summed E-state index contributed by atoms with van der Waals surface area (Å²) >= 11 is 0. The third kappa shape index (κ3) is 9.95. The van der Waals surface area contributed by atoms with Gasteiger partial charge in [0.05, 0.1) is 60.6 Å². The highest BCUT2D eigenvalue weighted by atomic mass is 19.1. The molecule has 2 aliphatic heterocycles. The van der Waals surface area contributed by atoms with E-state index in [-0.39, 0.29) is 23.7 Å². The lowest BCUT2D eigenvalue weighted by Crippen LogP contribution is -2.59. The van der Waals surface area contributed by atoms with Crippen LogP contribution >= 0.6 is 0 Å². The summed E-state index contributed by atoms with van der Waals surface area (Å²) < 4.78 is 46.4. The molecule has 0 unspecified atom stereocenters. The molecule has 0 spiro atoms. The number of hydrogen-bond acceptors (Lipinski definition) is 9. The molecule has 4 aromatic carbocycles. The van der Waals surface area contributed by atoms with Crippen LogP contribution in [0.2, 0.25) is 0 Å². The van der Waals surface area contributed by atoms with Crippen LogP contribution in [0.5, 0.6) is 17.2 Å². The van der Waals surface area contributed by atoms with Gasteiger partial charge in [-0.1, -0.05) is 36.4 Å². The first-order valence-corrected chi connectivity index (χ1v) is 22.2. The van der Waals surface area contributed by atoms with Crippen molar-refractivity contribution in [1.82, 2.24) is 19.8 Å². The minimum atomic E-state index is -0.324. The Labute approximate surface area is 364 Å². The highest BCUT2D eigenvalue weighted by molar-refractivity contribution is 5.82. The fourth-order valence-electron chi connectivity index (χ4n) is 9.13. The first kappa shape index (κ1) is 42.9. The molecular weight excluding hydrogens is 783 g/mol. The van der Waals surface area contributed by atoms with Crippen molar-refractivity contribution >= 4 is 22.3 Å². The van der Waals surface area contributed by atoms with E-state index in [1.54, 1.807) is 12.1 Å². The lowest BCUT2D eigenvalue weighted by atomic mass is 9.98. The zero-order chi connectivity index (χ0) is 43.0. The second-order valence-corrected chi connectivity index (χ2v) is 16.3. The maximum absolute atomic E-state index is 14.4. The second kappa shape index (κ2) is 19.9. The van der Waals surface area contributed by atoms with Crippen LogP contribution in [0, 0.1) is 18.6 Å². The summed E-state index contributed by atoms with van der Waals surface area (Å²) in [5, 5.41) is 6.22. The van der Waals surface area contributed by atoms with E-state index < -0.39 is 0 Å². The van der Waals surface area contributed by atoms with Gasteiger partial charge in [-0.3, -0.25) is 29.8 Å². The Morgan fingerprint density at radius 1 is 0.613 bits per heavy atom. The Hall–Kier alpha value is -5.78. The average Bonchev–Trinajstić information content (AvgIpc) is 3.28. The molecule has 4 heterocycles. The molecule has 8 rings (SSSR count). The van der Waals surface area contributed by atoms with E-state index in [2.05, 4.69) is 80.3 Å². The molecule has 0 N–H and O–H groups in total. The number of halogens is 2. The number of para-hydroxylation sites is 1. The number of hydrazine groups is 1. The summed E-state index contributed by atoms with van der Waals surface area (Å²) in [4.78, 5) is 14.6. The van der Waals surface area contributed by atoms with Crippen LogP contribution in [0.25, 0.3) is 22.0 Å². The molecule has 324 valence electrons.